The molecule has 1 fully saturated rings. The Morgan fingerprint density at radius 1 is 1.04 bits per heavy atom. The molecule has 0 bridgehead atoms. The lowest BCUT2D eigenvalue weighted by molar-refractivity contribution is -0.117. The lowest BCUT2D eigenvalue weighted by Crippen LogP contribution is -2.48. The second kappa shape index (κ2) is 8.91. The summed E-state index contributed by atoms with van der Waals surface area (Å²) in [6, 6.07) is 15.5. The molecule has 0 aliphatic carbocycles. The molecule has 1 heterocycles. The topological polar surface area (TPSA) is 55.8 Å². The highest BCUT2D eigenvalue weighted by Crippen LogP contribution is 2.21. The minimum atomic E-state index is 0.0318. The number of phenolic OH excluding ortho intramolecular Hbond substituents is 1. The van der Waals surface area contributed by atoms with Crippen LogP contribution in [0, 0.1) is 0 Å². The number of amides is 1. The predicted octanol–water partition coefficient (Wildman–Crippen LogP) is 3.67. The quantitative estimate of drug-likeness (QED) is 0.818. The number of anilines is 2. The molecule has 2 N–H and O–H groups in total. The Morgan fingerprint density at radius 2 is 1.67 bits per heavy atom. The van der Waals surface area contributed by atoms with Crippen molar-refractivity contribution in [1.82, 2.24) is 4.90 Å². The summed E-state index contributed by atoms with van der Waals surface area (Å²) in [5.74, 6) is 0.857. The van der Waals surface area contributed by atoms with Gasteiger partial charge in [-0.05, 0) is 54.3 Å². The van der Waals surface area contributed by atoms with E-state index in [-0.39, 0.29) is 11.7 Å². The maximum atomic E-state index is 12.4. The third-order valence-electron chi connectivity index (χ3n) is 5.33. The smallest absolute Gasteiger partial charge is 0.238 e. The molecule has 5 heteroatoms. The summed E-state index contributed by atoms with van der Waals surface area (Å²) in [7, 11) is 0. The summed E-state index contributed by atoms with van der Waals surface area (Å²) in [5, 5.41) is 12.4. The van der Waals surface area contributed by atoms with Crippen molar-refractivity contribution in [3.63, 3.8) is 0 Å². The fraction of sp³-hybridized carbons (Fsp3) is 0.409. The average molecular weight is 367 g/mol. The van der Waals surface area contributed by atoms with Gasteiger partial charge in [-0.15, -0.1) is 0 Å². The van der Waals surface area contributed by atoms with E-state index in [1.807, 2.05) is 24.3 Å². The first-order chi connectivity index (χ1) is 13.0. The third-order valence-corrected chi connectivity index (χ3v) is 5.33. The molecule has 1 unspecified atom stereocenters. The van der Waals surface area contributed by atoms with Crippen LogP contribution in [0.5, 0.6) is 5.75 Å². The van der Waals surface area contributed by atoms with Gasteiger partial charge < -0.3 is 15.3 Å². The van der Waals surface area contributed by atoms with Crippen molar-refractivity contribution in [3.05, 3.63) is 54.1 Å². The minimum Gasteiger partial charge on any atom is -0.508 e. The molecule has 1 aliphatic rings. The van der Waals surface area contributed by atoms with Crippen molar-refractivity contribution in [1.29, 1.82) is 0 Å². The molecule has 0 saturated carbocycles. The lowest BCUT2D eigenvalue weighted by atomic mass is 9.99. The molecule has 1 aliphatic heterocycles. The molecule has 144 valence electrons. The van der Waals surface area contributed by atoms with E-state index in [4.69, 9.17) is 0 Å². The van der Waals surface area contributed by atoms with E-state index >= 15 is 0 Å². The third kappa shape index (κ3) is 5.23. The van der Waals surface area contributed by atoms with E-state index in [1.165, 1.54) is 5.56 Å². The second-order valence-corrected chi connectivity index (χ2v) is 7.26. The van der Waals surface area contributed by atoms with E-state index in [1.54, 1.807) is 12.1 Å². The van der Waals surface area contributed by atoms with Gasteiger partial charge in [0.2, 0.25) is 5.91 Å². The van der Waals surface area contributed by atoms with E-state index in [2.05, 4.69) is 41.1 Å². The maximum Gasteiger partial charge on any atom is 0.238 e. The zero-order chi connectivity index (χ0) is 19.2. The predicted molar refractivity (Wildman–Crippen MR) is 111 cm³/mol. The van der Waals surface area contributed by atoms with Crippen LogP contribution in [-0.2, 0) is 4.79 Å². The zero-order valence-electron chi connectivity index (χ0n) is 16.2. The molecule has 5 nitrogen and oxygen atoms in total. The van der Waals surface area contributed by atoms with Crippen LogP contribution in [-0.4, -0.2) is 48.6 Å². The van der Waals surface area contributed by atoms with Gasteiger partial charge in [0.25, 0.3) is 0 Å². The second-order valence-electron chi connectivity index (χ2n) is 7.26. The van der Waals surface area contributed by atoms with Gasteiger partial charge >= 0.3 is 0 Å². The summed E-state index contributed by atoms with van der Waals surface area (Å²) < 4.78 is 0. The fourth-order valence-corrected chi connectivity index (χ4v) is 3.36. The van der Waals surface area contributed by atoms with Crippen molar-refractivity contribution < 1.29 is 9.90 Å². The molecule has 1 amide bonds. The molecule has 0 aromatic heterocycles. The summed E-state index contributed by atoms with van der Waals surface area (Å²) in [5.41, 5.74) is 3.27. The van der Waals surface area contributed by atoms with Gasteiger partial charge in [-0.1, -0.05) is 26.0 Å². The highest BCUT2D eigenvalue weighted by atomic mass is 16.3. The Labute approximate surface area is 161 Å². The van der Waals surface area contributed by atoms with Gasteiger partial charge in [0, 0.05) is 37.6 Å². The number of rotatable bonds is 6. The normalized spacial score (nSPS) is 16.1. The first-order valence-corrected chi connectivity index (χ1v) is 9.71. The first-order valence-electron chi connectivity index (χ1n) is 9.71. The van der Waals surface area contributed by atoms with E-state index in [0.29, 0.717) is 12.5 Å². The van der Waals surface area contributed by atoms with Gasteiger partial charge in [-0.3, -0.25) is 9.69 Å². The lowest BCUT2D eigenvalue weighted by Gasteiger charge is -2.35. The minimum absolute atomic E-state index is 0.0318. The summed E-state index contributed by atoms with van der Waals surface area (Å²) >= 11 is 0. The van der Waals surface area contributed by atoms with E-state index in [0.717, 1.165) is 44.0 Å². The van der Waals surface area contributed by atoms with Gasteiger partial charge in [0.05, 0.1) is 6.54 Å². The van der Waals surface area contributed by atoms with Crippen molar-refractivity contribution in [2.75, 3.05) is 42.9 Å². The van der Waals surface area contributed by atoms with Gasteiger partial charge in [0.1, 0.15) is 5.75 Å². The highest BCUT2D eigenvalue weighted by Gasteiger charge is 2.19. The number of nitrogens with zero attached hydrogens (tertiary/aromatic N) is 2. The summed E-state index contributed by atoms with van der Waals surface area (Å²) in [6.07, 6.45) is 1.11. The van der Waals surface area contributed by atoms with E-state index in [9.17, 15) is 9.90 Å². The number of phenols is 1. The number of aromatic hydroxyl groups is 1. The van der Waals surface area contributed by atoms with Crippen LogP contribution in [0.25, 0.3) is 0 Å². The number of hydrogen-bond acceptors (Lipinski definition) is 4. The van der Waals surface area contributed by atoms with Crippen molar-refractivity contribution in [3.8, 4) is 5.75 Å². The van der Waals surface area contributed by atoms with Crippen molar-refractivity contribution in [2.45, 2.75) is 26.2 Å². The Hall–Kier alpha value is -2.53. The van der Waals surface area contributed by atoms with E-state index < -0.39 is 0 Å². The SMILES string of the molecule is CCC(C)c1ccc(NC(=O)CN2CCN(c3ccc(O)cc3)CC2)cc1. The molecule has 2 aromatic rings. The maximum absolute atomic E-state index is 12.4. The molecular weight excluding hydrogens is 338 g/mol. The van der Waals surface area contributed by atoms with Crippen molar-refractivity contribution in [2.24, 2.45) is 0 Å². The summed E-state index contributed by atoms with van der Waals surface area (Å²) in [4.78, 5) is 16.8. The van der Waals surface area contributed by atoms with Gasteiger partial charge in [0.15, 0.2) is 0 Å². The molecule has 1 saturated heterocycles. The molecule has 3 rings (SSSR count). The van der Waals surface area contributed by atoms with Crippen LogP contribution < -0.4 is 10.2 Å². The average Bonchev–Trinajstić information content (AvgIpc) is 2.69. The zero-order valence-corrected chi connectivity index (χ0v) is 16.2. The first kappa shape index (κ1) is 19.2. The Bertz CT molecular complexity index is 735. The van der Waals surface area contributed by atoms with Crippen molar-refractivity contribution >= 4 is 17.3 Å². The van der Waals surface area contributed by atoms with Crippen LogP contribution in [0.15, 0.2) is 48.5 Å². The number of piperazine rings is 1. The highest BCUT2D eigenvalue weighted by molar-refractivity contribution is 5.92. The number of benzene rings is 2. The Balaban J connectivity index is 1.46. The molecule has 1 atom stereocenters. The number of carbonyl (C=O) groups is 1. The number of nitrogens with one attached hydrogen (secondary N) is 1. The largest absolute Gasteiger partial charge is 0.508 e. The number of hydrogen-bond donors (Lipinski definition) is 2. The molecular formula is C22H29N3O2. The standard InChI is InChI=1S/C22H29N3O2/c1-3-17(2)18-4-6-19(7-5-18)23-22(27)16-24-12-14-25(15-13-24)20-8-10-21(26)11-9-20/h4-11,17,26H,3,12-16H2,1-2H3,(H,23,27). The van der Waals surface area contributed by atoms with Crippen LogP contribution >= 0.6 is 0 Å². The fourth-order valence-electron chi connectivity index (χ4n) is 3.36. The summed E-state index contributed by atoms with van der Waals surface area (Å²) in [6.45, 7) is 8.26. The van der Waals surface area contributed by atoms with Gasteiger partial charge in [-0.25, -0.2) is 0 Å². The molecule has 27 heavy (non-hydrogen) atoms. The molecule has 2 aromatic carbocycles. The van der Waals surface area contributed by atoms with Gasteiger partial charge in [-0.2, -0.15) is 0 Å². The molecule has 0 radical (unpaired) electrons. The number of carbonyl (C=O) groups excluding carboxylic acids is 1. The Kier molecular flexibility index (Phi) is 6.35. The van der Waals surface area contributed by atoms with Crippen LogP contribution in [0.4, 0.5) is 11.4 Å². The van der Waals surface area contributed by atoms with Crippen LogP contribution in [0.3, 0.4) is 0 Å². The Morgan fingerprint density at radius 3 is 2.26 bits per heavy atom. The van der Waals surface area contributed by atoms with Crippen LogP contribution in [0.2, 0.25) is 0 Å². The van der Waals surface area contributed by atoms with Crippen LogP contribution in [0.1, 0.15) is 31.7 Å². The molecule has 0 spiro atoms. The monoisotopic (exact) mass is 367 g/mol.